The van der Waals surface area contributed by atoms with Crippen molar-refractivity contribution < 1.29 is 14.3 Å². The number of hydrogen-bond donors (Lipinski definition) is 1. The van der Waals surface area contributed by atoms with Crippen molar-refractivity contribution in [3.05, 3.63) is 76.1 Å². The number of nitrogens with one attached hydrogen (secondary N) is 1. The van der Waals surface area contributed by atoms with Gasteiger partial charge in [0.25, 0.3) is 5.91 Å². The summed E-state index contributed by atoms with van der Waals surface area (Å²) in [6.45, 7) is 5.84. The van der Waals surface area contributed by atoms with Crippen LogP contribution in [0.2, 0.25) is 0 Å². The molecule has 7 heteroatoms. The minimum Gasteiger partial charge on any atom is -0.465 e. The highest BCUT2D eigenvalue weighted by Gasteiger charge is 2.25. The Balaban J connectivity index is 1.74. The first kappa shape index (κ1) is 19.8. The molecular formula is C23H21N3O3S. The van der Waals surface area contributed by atoms with Gasteiger partial charge in [0.1, 0.15) is 16.2 Å². The van der Waals surface area contributed by atoms with E-state index in [9.17, 15) is 9.59 Å². The lowest BCUT2D eigenvalue weighted by molar-refractivity contribution is 0.0603. The summed E-state index contributed by atoms with van der Waals surface area (Å²) in [6.07, 6.45) is 3.69. The zero-order valence-corrected chi connectivity index (χ0v) is 18.0. The summed E-state index contributed by atoms with van der Waals surface area (Å²) in [5.74, 6) is -0.787. The number of esters is 1. The molecule has 3 heterocycles. The highest BCUT2D eigenvalue weighted by molar-refractivity contribution is 7.17. The predicted molar refractivity (Wildman–Crippen MR) is 118 cm³/mol. The number of benzene rings is 1. The van der Waals surface area contributed by atoms with E-state index in [1.165, 1.54) is 18.4 Å². The average Bonchev–Trinajstić information content (AvgIpc) is 3.25. The van der Waals surface area contributed by atoms with Crippen molar-refractivity contribution in [2.75, 3.05) is 12.4 Å². The Hall–Kier alpha value is -3.45. The molecule has 30 heavy (non-hydrogen) atoms. The normalized spacial score (nSPS) is 10.9. The van der Waals surface area contributed by atoms with Crippen molar-refractivity contribution in [1.29, 1.82) is 0 Å². The number of methoxy groups -OCH3 is 1. The second-order valence-corrected chi connectivity index (χ2v) is 8.34. The molecule has 0 radical (unpaired) electrons. The fourth-order valence-corrected chi connectivity index (χ4v) is 4.48. The van der Waals surface area contributed by atoms with E-state index in [0.29, 0.717) is 21.8 Å². The second kappa shape index (κ2) is 7.76. The van der Waals surface area contributed by atoms with Gasteiger partial charge in [-0.25, -0.2) is 9.78 Å². The number of aryl methyl sites for hydroxylation is 3. The number of ether oxygens (including phenoxy) is 1. The topological polar surface area (TPSA) is 72.7 Å². The summed E-state index contributed by atoms with van der Waals surface area (Å²) in [4.78, 5) is 30.9. The van der Waals surface area contributed by atoms with Crippen LogP contribution in [0, 0.1) is 20.8 Å². The average molecular weight is 420 g/mol. The summed E-state index contributed by atoms with van der Waals surface area (Å²) < 4.78 is 6.88. The highest BCUT2D eigenvalue weighted by atomic mass is 32.1. The molecule has 1 N–H and O–H groups in total. The number of pyridine rings is 1. The lowest BCUT2D eigenvalue weighted by Gasteiger charge is -2.09. The van der Waals surface area contributed by atoms with Crippen LogP contribution in [-0.4, -0.2) is 28.4 Å². The SMILES string of the molecule is COC(=O)c1c(NC(=O)c2ccn3cc(C)nc3c2)sc(C)c1-c1ccc(C)cc1. The van der Waals surface area contributed by atoms with E-state index < -0.39 is 5.97 Å². The third-order valence-corrected chi connectivity index (χ3v) is 5.90. The number of nitrogens with zero attached hydrogens (tertiary/aromatic N) is 2. The summed E-state index contributed by atoms with van der Waals surface area (Å²) in [5, 5.41) is 3.37. The Morgan fingerprint density at radius 1 is 1.10 bits per heavy atom. The maximum absolute atomic E-state index is 12.9. The molecule has 0 saturated carbocycles. The predicted octanol–water partition coefficient (Wildman–Crippen LogP) is 5.03. The summed E-state index contributed by atoms with van der Waals surface area (Å²) in [6, 6.07) is 11.4. The molecule has 4 aromatic rings. The van der Waals surface area contributed by atoms with Crippen molar-refractivity contribution in [2.24, 2.45) is 0 Å². The molecule has 0 fully saturated rings. The molecule has 3 aromatic heterocycles. The van der Waals surface area contributed by atoms with Gasteiger partial charge in [0.05, 0.1) is 12.8 Å². The number of amides is 1. The molecule has 0 unspecified atom stereocenters. The fraction of sp³-hybridized carbons (Fsp3) is 0.174. The van der Waals surface area contributed by atoms with Gasteiger partial charge in [-0.3, -0.25) is 4.79 Å². The smallest absolute Gasteiger partial charge is 0.341 e. The Morgan fingerprint density at radius 3 is 2.53 bits per heavy atom. The number of carbonyl (C=O) groups excluding carboxylic acids is 2. The van der Waals surface area contributed by atoms with Gasteiger partial charge >= 0.3 is 5.97 Å². The summed E-state index contributed by atoms with van der Waals surface area (Å²) in [5.41, 5.74) is 5.21. The van der Waals surface area contributed by atoms with Crippen molar-refractivity contribution in [3.8, 4) is 11.1 Å². The van der Waals surface area contributed by atoms with E-state index in [1.807, 2.05) is 55.6 Å². The molecule has 0 saturated heterocycles. The zero-order valence-electron chi connectivity index (χ0n) is 17.1. The maximum Gasteiger partial charge on any atom is 0.341 e. The van der Waals surface area contributed by atoms with Gasteiger partial charge in [0.2, 0.25) is 0 Å². The largest absolute Gasteiger partial charge is 0.465 e. The van der Waals surface area contributed by atoms with Crippen LogP contribution >= 0.6 is 11.3 Å². The quantitative estimate of drug-likeness (QED) is 0.471. The molecule has 0 bridgehead atoms. The summed E-state index contributed by atoms with van der Waals surface area (Å²) >= 11 is 1.36. The van der Waals surface area contributed by atoms with Crippen LogP contribution in [0.4, 0.5) is 5.00 Å². The van der Waals surface area contributed by atoms with Crippen LogP contribution in [0.15, 0.2) is 48.8 Å². The number of aromatic nitrogens is 2. The molecule has 0 atom stereocenters. The number of anilines is 1. The fourth-order valence-electron chi connectivity index (χ4n) is 3.42. The Labute approximate surface area is 178 Å². The molecular weight excluding hydrogens is 398 g/mol. The Bertz CT molecular complexity index is 1270. The van der Waals surface area contributed by atoms with Gasteiger partial charge in [-0.15, -0.1) is 11.3 Å². The minimum absolute atomic E-state index is 0.306. The molecule has 6 nitrogen and oxygen atoms in total. The van der Waals surface area contributed by atoms with Crippen molar-refractivity contribution in [3.63, 3.8) is 0 Å². The Kier molecular flexibility index (Phi) is 5.13. The van der Waals surface area contributed by atoms with Gasteiger partial charge in [-0.2, -0.15) is 0 Å². The molecule has 1 amide bonds. The zero-order chi connectivity index (χ0) is 21.4. The van der Waals surface area contributed by atoms with Crippen LogP contribution in [-0.2, 0) is 4.74 Å². The first-order valence-corrected chi connectivity index (χ1v) is 10.2. The van der Waals surface area contributed by atoms with E-state index in [-0.39, 0.29) is 5.91 Å². The third-order valence-electron chi connectivity index (χ3n) is 4.88. The lowest BCUT2D eigenvalue weighted by atomic mass is 10.0. The molecule has 0 aliphatic carbocycles. The lowest BCUT2D eigenvalue weighted by Crippen LogP contribution is -2.14. The van der Waals surface area contributed by atoms with Crippen LogP contribution in [0.5, 0.6) is 0 Å². The molecule has 4 rings (SSSR count). The van der Waals surface area contributed by atoms with Gasteiger partial charge in [0.15, 0.2) is 0 Å². The molecule has 152 valence electrons. The maximum atomic E-state index is 12.9. The number of imidazole rings is 1. The van der Waals surface area contributed by atoms with E-state index in [0.717, 1.165) is 27.3 Å². The van der Waals surface area contributed by atoms with E-state index >= 15 is 0 Å². The number of rotatable bonds is 4. The summed E-state index contributed by atoms with van der Waals surface area (Å²) in [7, 11) is 1.34. The third kappa shape index (κ3) is 3.59. The van der Waals surface area contributed by atoms with E-state index in [4.69, 9.17) is 4.74 Å². The molecule has 0 spiro atoms. The second-order valence-electron chi connectivity index (χ2n) is 7.11. The molecule has 1 aromatic carbocycles. The van der Waals surface area contributed by atoms with Gasteiger partial charge in [-0.1, -0.05) is 29.8 Å². The first-order valence-electron chi connectivity index (χ1n) is 9.43. The minimum atomic E-state index is -0.482. The molecule has 0 aliphatic heterocycles. The highest BCUT2D eigenvalue weighted by Crippen LogP contribution is 2.40. The standard InChI is InChI=1S/C23H21N3O3S/c1-13-5-7-16(8-6-13)19-15(3)30-22(20(19)23(28)29-4)25-21(27)17-9-10-26-12-14(2)24-18(26)11-17/h5-12H,1-4H3,(H,25,27). The van der Waals surface area contributed by atoms with Gasteiger partial charge < -0.3 is 14.5 Å². The number of carbonyl (C=O) groups is 2. The number of hydrogen-bond acceptors (Lipinski definition) is 5. The first-order chi connectivity index (χ1) is 14.4. The van der Waals surface area contributed by atoms with Gasteiger partial charge in [-0.05, 0) is 38.5 Å². The van der Waals surface area contributed by atoms with Crippen LogP contribution in [0.1, 0.15) is 36.9 Å². The van der Waals surface area contributed by atoms with Crippen LogP contribution in [0.25, 0.3) is 16.8 Å². The van der Waals surface area contributed by atoms with Gasteiger partial charge in [0, 0.05) is 28.4 Å². The van der Waals surface area contributed by atoms with Crippen molar-refractivity contribution >= 4 is 33.9 Å². The van der Waals surface area contributed by atoms with Crippen LogP contribution in [0.3, 0.4) is 0 Å². The van der Waals surface area contributed by atoms with Crippen LogP contribution < -0.4 is 5.32 Å². The van der Waals surface area contributed by atoms with E-state index in [1.54, 1.807) is 18.3 Å². The van der Waals surface area contributed by atoms with Crippen molar-refractivity contribution in [1.82, 2.24) is 9.38 Å². The van der Waals surface area contributed by atoms with Crippen molar-refractivity contribution in [2.45, 2.75) is 20.8 Å². The monoisotopic (exact) mass is 419 g/mol. The Morgan fingerprint density at radius 2 is 1.83 bits per heavy atom. The number of fused-ring (bicyclic) bond motifs is 1. The number of thiophene rings is 1. The molecule has 0 aliphatic rings. The van der Waals surface area contributed by atoms with E-state index in [2.05, 4.69) is 10.3 Å².